The van der Waals surface area contributed by atoms with Crippen LogP contribution in [0.3, 0.4) is 0 Å². The minimum absolute atomic E-state index is 0.0468. The van der Waals surface area contributed by atoms with Gasteiger partial charge in [0.1, 0.15) is 0 Å². The van der Waals surface area contributed by atoms with Crippen molar-refractivity contribution in [3.63, 3.8) is 0 Å². The molecule has 0 fully saturated rings. The SMILES string of the molecule is CNS(=O)(=O)c1cccc(C(=O)OCC(=O)c2cc(C)n(CCC(C)C)c2C)c1. The number of carbonyl (C=O) groups excluding carboxylic acids is 2. The first-order chi connectivity index (χ1) is 13.6. The van der Waals surface area contributed by atoms with Crippen molar-refractivity contribution < 1.29 is 22.7 Å². The molecule has 0 saturated carbocycles. The summed E-state index contributed by atoms with van der Waals surface area (Å²) in [5.74, 6) is -0.486. The van der Waals surface area contributed by atoms with Gasteiger partial charge in [0, 0.05) is 23.5 Å². The van der Waals surface area contributed by atoms with Gasteiger partial charge in [-0.3, -0.25) is 4.79 Å². The van der Waals surface area contributed by atoms with Gasteiger partial charge in [-0.1, -0.05) is 19.9 Å². The molecule has 1 N–H and O–H groups in total. The Balaban J connectivity index is 2.09. The largest absolute Gasteiger partial charge is 0.454 e. The zero-order valence-electron chi connectivity index (χ0n) is 17.5. The summed E-state index contributed by atoms with van der Waals surface area (Å²) >= 11 is 0. The number of rotatable bonds is 9. The Hall–Kier alpha value is -2.45. The van der Waals surface area contributed by atoms with Gasteiger partial charge in [-0.2, -0.15) is 0 Å². The van der Waals surface area contributed by atoms with E-state index in [2.05, 4.69) is 23.1 Å². The lowest BCUT2D eigenvalue weighted by molar-refractivity contribution is 0.0474. The van der Waals surface area contributed by atoms with Crippen molar-refractivity contribution in [2.45, 2.75) is 45.6 Å². The lowest BCUT2D eigenvalue weighted by Gasteiger charge is -2.11. The number of nitrogens with zero attached hydrogens (tertiary/aromatic N) is 1. The number of hydrogen-bond donors (Lipinski definition) is 1. The first kappa shape index (κ1) is 22.8. The quantitative estimate of drug-likeness (QED) is 0.497. The van der Waals surface area contributed by atoms with E-state index in [9.17, 15) is 18.0 Å². The van der Waals surface area contributed by atoms with Gasteiger partial charge in [-0.25, -0.2) is 17.9 Å². The minimum atomic E-state index is -3.68. The fourth-order valence-electron chi connectivity index (χ4n) is 3.02. The van der Waals surface area contributed by atoms with E-state index < -0.39 is 22.6 Å². The number of nitrogens with one attached hydrogen (secondary N) is 1. The predicted octanol–water partition coefficient (Wildman–Crippen LogP) is 3.10. The van der Waals surface area contributed by atoms with E-state index in [1.165, 1.54) is 31.3 Å². The second kappa shape index (κ2) is 9.37. The molecule has 1 aromatic heterocycles. The van der Waals surface area contributed by atoms with Crippen molar-refractivity contribution in [1.82, 2.24) is 9.29 Å². The highest BCUT2D eigenvalue weighted by Gasteiger charge is 2.19. The number of ether oxygens (including phenoxy) is 1. The van der Waals surface area contributed by atoms with Crippen molar-refractivity contribution in [2.24, 2.45) is 5.92 Å². The molecule has 1 aromatic carbocycles. The van der Waals surface area contributed by atoms with Crippen LogP contribution in [0.25, 0.3) is 0 Å². The Morgan fingerprint density at radius 3 is 2.48 bits per heavy atom. The highest BCUT2D eigenvalue weighted by molar-refractivity contribution is 7.89. The van der Waals surface area contributed by atoms with Crippen molar-refractivity contribution in [3.05, 3.63) is 52.8 Å². The Morgan fingerprint density at radius 2 is 1.86 bits per heavy atom. The first-order valence-corrected chi connectivity index (χ1v) is 11.0. The predicted molar refractivity (Wildman–Crippen MR) is 111 cm³/mol. The molecule has 0 aliphatic heterocycles. The van der Waals surface area contributed by atoms with Crippen molar-refractivity contribution in [3.8, 4) is 0 Å². The number of benzene rings is 1. The molecule has 0 saturated heterocycles. The van der Waals surface area contributed by atoms with E-state index in [1.807, 2.05) is 19.9 Å². The van der Waals surface area contributed by atoms with Crippen LogP contribution in [-0.2, 0) is 21.3 Å². The van der Waals surface area contributed by atoms with Crippen LogP contribution in [0, 0.1) is 19.8 Å². The van der Waals surface area contributed by atoms with E-state index in [-0.39, 0.29) is 16.2 Å². The van der Waals surface area contributed by atoms with Crippen LogP contribution < -0.4 is 4.72 Å². The Bertz CT molecular complexity index is 1010. The number of esters is 1. The molecule has 0 amide bonds. The Kier molecular flexibility index (Phi) is 7.37. The molecule has 29 heavy (non-hydrogen) atoms. The van der Waals surface area contributed by atoms with Crippen LogP contribution >= 0.6 is 0 Å². The number of ketones is 1. The smallest absolute Gasteiger partial charge is 0.338 e. The fraction of sp³-hybridized carbons (Fsp3) is 0.429. The summed E-state index contributed by atoms with van der Waals surface area (Å²) in [5, 5.41) is 0. The summed E-state index contributed by atoms with van der Waals surface area (Å²) in [6, 6.07) is 7.30. The number of hydrogen-bond acceptors (Lipinski definition) is 5. The van der Waals surface area contributed by atoms with Crippen molar-refractivity contribution in [1.29, 1.82) is 0 Å². The number of Topliss-reactive ketones (excluding diaryl/α,β-unsaturated/α-hetero) is 1. The highest BCUT2D eigenvalue weighted by atomic mass is 32.2. The van der Waals surface area contributed by atoms with Gasteiger partial charge in [0.25, 0.3) is 0 Å². The van der Waals surface area contributed by atoms with E-state index in [4.69, 9.17) is 4.74 Å². The number of aromatic nitrogens is 1. The van der Waals surface area contributed by atoms with E-state index in [1.54, 1.807) is 0 Å². The van der Waals surface area contributed by atoms with Crippen LogP contribution in [0.15, 0.2) is 35.2 Å². The summed E-state index contributed by atoms with van der Waals surface area (Å²) in [6.45, 7) is 8.55. The van der Waals surface area contributed by atoms with Gasteiger partial charge in [0.2, 0.25) is 15.8 Å². The summed E-state index contributed by atoms with van der Waals surface area (Å²) in [6.07, 6.45) is 1.00. The van der Waals surface area contributed by atoms with Gasteiger partial charge in [-0.15, -0.1) is 0 Å². The maximum Gasteiger partial charge on any atom is 0.338 e. The van der Waals surface area contributed by atoms with Gasteiger partial charge in [0.15, 0.2) is 6.61 Å². The first-order valence-electron chi connectivity index (χ1n) is 9.47. The molecule has 0 bridgehead atoms. The standard InChI is InChI=1S/C21H28N2O5S/c1-14(2)9-10-23-15(3)11-19(16(23)4)20(24)13-28-21(25)17-7-6-8-18(12-17)29(26,27)22-5/h6-8,11-12,14,22H,9-10,13H2,1-5H3. The summed E-state index contributed by atoms with van der Waals surface area (Å²) in [7, 11) is -2.39. The molecule has 0 atom stereocenters. The van der Waals surface area contributed by atoms with Crippen LogP contribution in [-0.4, -0.2) is 38.4 Å². The molecule has 0 radical (unpaired) electrons. The number of carbonyl (C=O) groups is 2. The van der Waals surface area contributed by atoms with E-state index in [0.717, 1.165) is 24.4 Å². The van der Waals surface area contributed by atoms with Gasteiger partial charge in [0.05, 0.1) is 10.5 Å². The zero-order valence-corrected chi connectivity index (χ0v) is 18.3. The highest BCUT2D eigenvalue weighted by Crippen LogP contribution is 2.18. The molecule has 0 spiro atoms. The third kappa shape index (κ3) is 5.55. The molecule has 1 heterocycles. The maximum atomic E-state index is 12.6. The summed E-state index contributed by atoms with van der Waals surface area (Å²) in [4.78, 5) is 24.8. The number of aryl methyl sites for hydroxylation is 1. The Labute approximate surface area is 172 Å². The molecule has 0 aliphatic rings. The van der Waals surface area contributed by atoms with Gasteiger partial charge >= 0.3 is 5.97 Å². The molecule has 158 valence electrons. The van der Waals surface area contributed by atoms with Gasteiger partial charge in [-0.05, 0) is 57.5 Å². The van der Waals surface area contributed by atoms with Crippen LogP contribution in [0.5, 0.6) is 0 Å². The summed E-state index contributed by atoms with van der Waals surface area (Å²) < 4.78 is 33.2. The van der Waals surface area contributed by atoms with Crippen molar-refractivity contribution >= 4 is 21.8 Å². The zero-order chi connectivity index (χ0) is 21.8. The topological polar surface area (TPSA) is 94.5 Å². The van der Waals surface area contributed by atoms with Crippen molar-refractivity contribution in [2.75, 3.05) is 13.7 Å². The number of sulfonamides is 1. The summed E-state index contributed by atoms with van der Waals surface area (Å²) in [5.41, 5.74) is 2.44. The van der Waals surface area contributed by atoms with Crippen LogP contribution in [0.2, 0.25) is 0 Å². The molecule has 0 aliphatic carbocycles. The maximum absolute atomic E-state index is 12.6. The average molecular weight is 421 g/mol. The second-order valence-corrected chi connectivity index (χ2v) is 9.24. The minimum Gasteiger partial charge on any atom is -0.454 e. The van der Waals surface area contributed by atoms with Crippen LogP contribution in [0.1, 0.15) is 52.4 Å². The third-order valence-corrected chi connectivity index (χ3v) is 6.20. The normalized spacial score (nSPS) is 11.7. The second-order valence-electron chi connectivity index (χ2n) is 7.35. The molecule has 7 nitrogen and oxygen atoms in total. The van der Waals surface area contributed by atoms with E-state index in [0.29, 0.717) is 11.5 Å². The molecular formula is C21H28N2O5S. The van der Waals surface area contributed by atoms with E-state index >= 15 is 0 Å². The average Bonchev–Trinajstić information content (AvgIpc) is 2.97. The lowest BCUT2D eigenvalue weighted by Crippen LogP contribution is -2.19. The fourth-order valence-corrected chi connectivity index (χ4v) is 3.79. The lowest BCUT2D eigenvalue weighted by atomic mass is 10.1. The van der Waals surface area contributed by atoms with Crippen LogP contribution in [0.4, 0.5) is 0 Å². The third-order valence-electron chi connectivity index (χ3n) is 4.79. The molecule has 0 unspecified atom stereocenters. The van der Waals surface area contributed by atoms with Gasteiger partial charge < -0.3 is 9.30 Å². The molecule has 2 rings (SSSR count). The molecular weight excluding hydrogens is 392 g/mol. The molecule has 2 aromatic rings. The monoisotopic (exact) mass is 420 g/mol. The Morgan fingerprint density at radius 1 is 1.17 bits per heavy atom. The molecule has 8 heteroatoms.